The second kappa shape index (κ2) is 6.22. The Bertz CT molecular complexity index is 764. The minimum Gasteiger partial charge on any atom is -0.407 e. The van der Waals surface area contributed by atoms with E-state index in [4.69, 9.17) is 4.42 Å². The molecule has 0 bridgehead atoms. The predicted molar refractivity (Wildman–Crippen MR) is 82.7 cm³/mol. The zero-order valence-electron chi connectivity index (χ0n) is 12.1. The highest BCUT2D eigenvalue weighted by molar-refractivity contribution is 6.03. The van der Waals surface area contributed by atoms with Gasteiger partial charge in [0, 0.05) is 5.56 Å². The highest BCUT2D eigenvalue weighted by Gasteiger charge is 2.11. The Kier molecular flexibility index (Phi) is 3.96. The largest absolute Gasteiger partial charge is 0.407 e. The summed E-state index contributed by atoms with van der Waals surface area (Å²) < 4.78 is 5.45. The van der Waals surface area contributed by atoms with Crippen molar-refractivity contribution in [1.82, 2.24) is 10.2 Å². The molecule has 0 spiro atoms. The van der Waals surface area contributed by atoms with Crippen LogP contribution in [-0.4, -0.2) is 16.1 Å². The van der Waals surface area contributed by atoms with Gasteiger partial charge in [-0.2, -0.15) is 0 Å². The van der Waals surface area contributed by atoms with Crippen molar-refractivity contribution in [3.63, 3.8) is 0 Å². The Labute approximate surface area is 128 Å². The highest BCUT2D eigenvalue weighted by atomic mass is 16.4. The minimum absolute atomic E-state index is 0.108. The van der Waals surface area contributed by atoms with Gasteiger partial charge in [-0.1, -0.05) is 53.1 Å². The van der Waals surface area contributed by atoms with E-state index in [1.165, 1.54) is 0 Å². The number of aryl methyl sites for hydroxylation is 1. The van der Waals surface area contributed by atoms with E-state index in [0.717, 1.165) is 11.1 Å². The van der Waals surface area contributed by atoms with Gasteiger partial charge in [-0.3, -0.25) is 10.1 Å². The molecular weight excluding hydrogens is 278 g/mol. The van der Waals surface area contributed by atoms with Crippen LogP contribution < -0.4 is 5.32 Å². The molecule has 0 saturated carbocycles. The van der Waals surface area contributed by atoms with E-state index in [0.29, 0.717) is 17.9 Å². The Balaban J connectivity index is 1.66. The molecule has 5 nitrogen and oxygen atoms in total. The molecule has 1 heterocycles. The molecule has 1 aromatic heterocycles. The van der Waals surface area contributed by atoms with Gasteiger partial charge in [-0.15, -0.1) is 5.10 Å². The van der Waals surface area contributed by atoms with Crippen LogP contribution in [-0.2, 0) is 6.42 Å². The average Bonchev–Trinajstić information content (AvgIpc) is 2.96. The molecule has 3 aromatic rings. The van der Waals surface area contributed by atoms with Crippen LogP contribution in [0.3, 0.4) is 0 Å². The molecule has 0 unspecified atom stereocenters. The van der Waals surface area contributed by atoms with Crippen molar-refractivity contribution in [3.8, 4) is 0 Å². The van der Waals surface area contributed by atoms with E-state index in [1.807, 2.05) is 49.4 Å². The maximum atomic E-state index is 12.1. The molecule has 2 aromatic carbocycles. The summed E-state index contributed by atoms with van der Waals surface area (Å²) in [5.41, 5.74) is 2.72. The van der Waals surface area contributed by atoms with Crippen LogP contribution in [0.1, 0.15) is 27.4 Å². The number of hydrogen-bond acceptors (Lipinski definition) is 4. The van der Waals surface area contributed by atoms with Gasteiger partial charge in [0.05, 0.1) is 6.42 Å². The number of aromatic nitrogens is 2. The Hall–Kier alpha value is -2.95. The van der Waals surface area contributed by atoms with Crippen molar-refractivity contribution in [2.45, 2.75) is 13.3 Å². The van der Waals surface area contributed by atoms with Crippen LogP contribution in [0.5, 0.6) is 0 Å². The number of amides is 1. The number of rotatable bonds is 4. The maximum absolute atomic E-state index is 12.1. The minimum atomic E-state index is -0.269. The first-order valence-corrected chi connectivity index (χ1v) is 6.95. The lowest BCUT2D eigenvalue weighted by atomic mass is 10.1. The summed E-state index contributed by atoms with van der Waals surface area (Å²) in [5.74, 6) is 0.195. The third-order valence-corrected chi connectivity index (χ3v) is 3.20. The summed E-state index contributed by atoms with van der Waals surface area (Å²) in [7, 11) is 0. The van der Waals surface area contributed by atoms with Gasteiger partial charge >= 0.3 is 6.01 Å². The van der Waals surface area contributed by atoms with Crippen LogP contribution in [0.4, 0.5) is 6.01 Å². The average molecular weight is 293 g/mol. The molecule has 1 amide bonds. The van der Waals surface area contributed by atoms with Crippen molar-refractivity contribution in [2.24, 2.45) is 0 Å². The summed E-state index contributed by atoms with van der Waals surface area (Å²) in [5, 5.41) is 10.4. The zero-order valence-corrected chi connectivity index (χ0v) is 12.1. The lowest BCUT2D eigenvalue weighted by Gasteiger charge is -2.00. The third-order valence-electron chi connectivity index (χ3n) is 3.20. The van der Waals surface area contributed by atoms with E-state index >= 15 is 0 Å². The number of hydrogen-bond donors (Lipinski definition) is 1. The fraction of sp³-hybridized carbons (Fsp3) is 0.118. The second-order valence-corrected chi connectivity index (χ2v) is 4.98. The van der Waals surface area contributed by atoms with E-state index in [-0.39, 0.29) is 11.9 Å². The molecule has 0 aliphatic heterocycles. The smallest absolute Gasteiger partial charge is 0.322 e. The number of nitrogens with zero attached hydrogens (tertiary/aromatic N) is 2. The lowest BCUT2D eigenvalue weighted by molar-refractivity contribution is 0.102. The quantitative estimate of drug-likeness (QED) is 0.802. The van der Waals surface area contributed by atoms with E-state index in [1.54, 1.807) is 12.1 Å². The SMILES string of the molecule is Cc1ccc(C(=O)Nc2nnc(Cc3ccccc3)o2)cc1. The van der Waals surface area contributed by atoms with Crippen LogP contribution >= 0.6 is 0 Å². The number of carbonyl (C=O) groups is 1. The van der Waals surface area contributed by atoms with Gasteiger partial charge in [0.15, 0.2) is 0 Å². The fourth-order valence-corrected chi connectivity index (χ4v) is 2.02. The van der Waals surface area contributed by atoms with Gasteiger partial charge in [-0.05, 0) is 24.6 Å². The Morgan fingerprint density at radius 3 is 2.50 bits per heavy atom. The van der Waals surface area contributed by atoms with Crippen molar-refractivity contribution in [2.75, 3.05) is 5.32 Å². The van der Waals surface area contributed by atoms with Crippen molar-refractivity contribution < 1.29 is 9.21 Å². The van der Waals surface area contributed by atoms with Gasteiger partial charge in [-0.25, -0.2) is 0 Å². The molecule has 0 aliphatic carbocycles. The molecule has 3 rings (SSSR count). The number of benzene rings is 2. The molecule has 5 heteroatoms. The number of anilines is 1. The predicted octanol–water partition coefficient (Wildman–Crippen LogP) is 3.22. The normalized spacial score (nSPS) is 10.4. The lowest BCUT2D eigenvalue weighted by Crippen LogP contribution is -2.11. The Morgan fingerprint density at radius 2 is 1.77 bits per heavy atom. The first-order valence-electron chi connectivity index (χ1n) is 6.95. The summed E-state index contributed by atoms with van der Waals surface area (Å²) in [6.45, 7) is 1.97. The van der Waals surface area contributed by atoms with Crippen molar-refractivity contribution in [1.29, 1.82) is 0 Å². The molecular formula is C17H15N3O2. The van der Waals surface area contributed by atoms with Crippen LogP contribution in [0.2, 0.25) is 0 Å². The van der Waals surface area contributed by atoms with Gasteiger partial charge in [0.25, 0.3) is 5.91 Å². The van der Waals surface area contributed by atoms with E-state index in [2.05, 4.69) is 15.5 Å². The molecule has 0 saturated heterocycles. The summed E-state index contributed by atoms with van der Waals surface area (Å²) in [6.07, 6.45) is 0.536. The van der Waals surface area contributed by atoms with Crippen molar-refractivity contribution >= 4 is 11.9 Å². The van der Waals surface area contributed by atoms with Gasteiger partial charge < -0.3 is 4.42 Å². The number of nitrogens with one attached hydrogen (secondary N) is 1. The fourth-order valence-electron chi connectivity index (χ4n) is 2.02. The Morgan fingerprint density at radius 1 is 1.05 bits per heavy atom. The molecule has 0 radical (unpaired) electrons. The van der Waals surface area contributed by atoms with Crippen LogP contribution in [0.15, 0.2) is 59.0 Å². The van der Waals surface area contributed by atoms with Gasteiger partial charge in [0.1, 0.15) is 0 Å². The first kappa shape index (κ1) is 14.0. The molecule has 1 N–H and O–H groups in total. The van der Waals surface area contributed by atoms with E-state index < -0.39 is 0 Å². The molecule has 110 valence electrons. The summed E-state index contributed by atoms with van der Waals surface area (Å²) in [4.78, 5) is 12.1. The highest BCUT2D eigenvalue weighted by Crippen LogP contribution is 2.12. The molecule has 0 fully saturated rings. The van der Waals surface area contributed by atoms with Crippen LogP contribution in [0, 0.1) is 6.92 Å². The second-order valence-electron chi connectivity index (χ2n) is 4.98. The zero-order chi connectivity index (χ0) is 15.4. The van der Waals surface area contributed by atoms with E-state index in [9.17, 15) is 4.79 Å². The maximum Gasteiger partial charge on any atom is 0.322 e. The summed E-state index contributed by atoms with van der Waals surface area (Å²) >= 11 is 0. The molecule has 22 heavy (non-hydrogen) atoms. The van der Waals surface area contributed by atoms with Crippen LogP contribution in [0.25, 0.3) is 0 Å². The molecule has 0 aliphatic rings. The standard InChI is InChI=1S/C17H15N3O2/c1-12-7-9-14(10-8-12)16(21)18-17-20-19-15(22-17)11-13-5-3-2-4-6-13/h2-10H,11H2,1H3,(H,18,20,21). The van der Waals surface area contributed by atoms with Crippen molar-refractivity contribution in [3.05, 3.63) is 77.2 Å². The monoisotopic (exact) mass is 293 g/mol. The number of carbonyl (C=O) groups excluding carboxylic acids is 1. The summed E-state index contributed by atoms with van der Waals surface area (Å²) in [6, 6.07) is 17.2. The topological polar surface area (TPSA) is 68.0 Å². The van der Waals surface area contributed by atoms with Gasteiger partial charge in [0.2, 0.25) is 5.89 Å². The first-order chi connectivity index (χ1) is 10.7. The molecule has 0 atom stereocenters. The third kappa shape index (κ3) is 3.38.